The smallest absolute Gasteiger partial charge is 0.0881 e. The first-order valence-corrected chi connectivity index (χ1v) is 8.54. The van der Waals surface area contributed by atoms with Gasteiger partial charge in [-0.25, -0.2) is 0 Å². The molecule has 2 aliphatic rings. The average molecular weight is 298 g/mol. The largest absolute Gasteiger partial charge is 0.397 e. The van der Waals surface area contributed by atoms with Crippen molar-refractivity contribution >= 4 is 34.2 Å². The summed E-state index contributed by atoms with van der Waals surface area (Å²) in [6.45, 7) is 0. The monoisotopic (exact) mass is 298 g/mol. The molecule has 4 nitrogen and oxygen atoms in total. The lowest BCUT2D eigenvalue weighted by Gasteiger charge is -2.15. The zero-order chi connectivity index (χ0) is 15.4. The van der Waals surface area contributed by atoms with Gasteiger partial charge in [-0.2, -0.15) is 0 Å². The highest BCUT2D eigenvalue weighted by Gasteiger charge is 2.11. The second kappa shape index (κ2) is 6.95. The minimum atomic E-state index is 0.656. The highest BCUT2D eigenvalue weighted by atomic mass is 14.8. The fourth-order valence-corrected chi connectivity index (χ4v) is 3.29. The molecular formula is C18H26N4. The second-order valence-electron chi connectivity index (χ2n) is 6.45. The van der Waals surface area contributed by atoms with Gasteiger partial charge in [-0.1, -0.05) is 12.8 Å². The lowest BCUT2D eigenvalue weighted by Crippen LogP contribution is -2.05. The van der Waals surface area contributed by atoms with Crippen molar-refractivity contribution in [2.24, 2.45) is 9.98 Å². The molecule has 3 rings (SSSR count). The van der Waals surface area contributed by atoms with E-state index in [-0.39, 0.29) is 0 Å². The summed E-state index contributed by atoms with van der Waals surface area (Å²) in [5.74, 6) is 0. The first kappa shape index (κ1) is 15.1. The molecule has 0 radical (unpaired) electrons. The van der Waals surface area contributed by atoms with Crippen molar-refractivity contribution in [3.8, 4) is 0 Å². The Balaban J connectivity index is 1.89. The molecule has 0 aliphatic heterocycles. The molecule has 0 atom stereocenters. The first-order valence-electron chi connectivity index (χ1n) is 8.54. The quantitative estimate of drug-likeness (QED) is 0.760. The molecule has 2 fully saturated rings. The molecule has 1 aromatic carbocycles. The van der Waals surface area contributed by atoms with E-state index in [1.54, 1.807) is 0 Å². The van der Waals surface area contributed by atoms with Crippen molar-refractivity contribution < 1.29 is 0 Å². The van der Waals surface area contributed by atoms with Gasteiger partial charge in [-0.15, -0.1) is 0 Å². The van der Waals surface area contributed by atoms with Gasteiger partial charge < -0.3 is 11.5 Å². The molecule has 4 heteroatoms. The van der Waals surface area contributed by atoms with Crippen molar-refractivity contribution in [1.29, 1.82) is 0 Å². The summed E-state index contributed by atoms with van der Waals surface area (Å²) in [5.41, 5.74) is 17.7. The van der Waals surface area contributed by atoms with Crippen LogP contribution in [0.2, 0.25) is 0 Å². The average Bonchev–Trinajstić information content (AvgIpc) is 2.54. The van der Waals surface area contributed by atoms with Gasteiger partial charge in [0.15, 0.2) is 0 Å². The van der Waals surface area contributed by atoms with E-state index in [0.29, 0.717) is 11.4 Å². The summed E-state index contributed by atoms with van der Waals surface area (Å²) < 4.78 is 0. The van der Waals surface area contributed by atoms with E-state index in [4.69, 9.17) is 21.5 Å². The van der Waals surface area contributed by atoms with Gasteiger partial charge in [0, 0.05) is 11.4 Å². The summed E-state index contributed by atoms with van der Waals surface area (Å²) >= 11 is 0. The maximum absolute atomic E-state index is 6.11. The topological polar surface area (TPSA) is 76.8 Å². The molecule has 1 aromatic rings. The number of anilines is 2. The lowest BCUT2D eigenvalue weighted by molar-refractivity contribution is 0.666. The maximum atomic E-state index is 6.11. The molecule has 0 amide bonds. The van der Waals surface area contributed by atoms with E-state index in [1.807, 2.05) is 12.1 Å². The maximum Gasteiger partial charge on any atom is 0.0881 e. The van der Waals surface area contributed by atoms with Crippen LogP contribution >= 0.6 is 0 Å². The molecule has 0 bridgehead atoms. The van der Waals surface area contributed by atoms with E-state index in [1.165, 1.54) is 49.9 Å². The van der Waals surface area contributed by atoms with Crippen LogP contribution in [0.25, 0.3) is 0 Å². The van der Waals surface area contributed by atoms with Gasteiger partial charge in [-0.05, 0) is 63.5 Å². The number of aliphatic imine (C=N–C) groups is 2. The van der Waals surface area contributed by atoms with E-state index in [2.05, 4.69) is 0 Å². The molecule has 0 spiro atoms. The predicted molar refractivity (Wildman–Crippen MR) is 95.6 cm³/mol. The van der Waals surface area contributed by atoms with Gasteiger partial charge in [0.1, 0.15) is 0 Å². The Morgan fingerprint density at radius 1 is 0.591 bits per heavy atom. The molecule has 0 heterocycles. The van der Waals surface area contributed by atoms with Gasteiger partial charge in [0.05, 0.1) is 22.7 Å². The number of nitrogens with zero attached hydrogens (tertiary/aromatic N) is 2. The van der Waals surface area contributed by atoms with Crippen molar-refractivity contribution in [2.75, 3.05) is 11.5 Å². The van der Waals surface area contributed by atoms with Gasteiger partial charge in [0.25, 0.3) is 0 Å². The molecule has 0 saturated heterocycles. The number of nitrogen functional groups attached to an aromatic ring is 2. The molecule has 0 aromatic heterocycles. The van der Waals surface area contributed by atoms with Crippen LogP contribution in [0.4, 0.5) is 22.7 Å². The van der Waals surface area contributed by atoms with Gasteiger partial charge in [0.2, 0.25) is 0 Å². The number of hydrogen-bond acceptors (Lipinski definition) is 4. The third-order valence-electron chi connectivity index (χ3n) is 4.59. The minimum absolute atomic E-state index is 0.656. The fourth-order valence-electron chi connectivity index (χ4n) is 3.29. The Hall–Kier alpha value is -1.84. The molecule has 0 unspecified atom stereocenters. The molecule has 4 N–H and O–H groups in total. The Morgan fingerprint density at radius 3 is 1.41 bits per heavy atom. The number of benzene rings is 1. The van der Waals surface area contributed by atoms with Crippen molar-refractivity contribution in [2.45, 2.75) is 64.2 Å². The van der Waals surface area contributed by atoms with E-state index < -0.39 is 0 Å². The Kier molecular flexibility index (Phi) is 4.76. The predicted octanol–water partition coefficient (Wildman–Crippen LogP) is 4.92. The van der Waals surface area contributed by atoms with Crippen LogP contribution in [0.1, 0.15) is 64.2 Å². The molecule has 22 heavy (non-hydrogen) atoms. The van der Waals surface area contributed by atoms with E-state index in [0.717, 1.165) is 37.1 Å². The molecule has 2 aliphatic carbocycles. The Labute approximate surface area is 132 Å². The highest BCUT2D eigenvalue weighted by Crippen LogP contribution is 2.35. The van der Waals surface area contributed by atoms with Crippen LogP contribution in [0.3, 0.4) is 0 Å². The number of nitrogens with two attached hydrogens (primary N) is 2. The number of rotatable bonds is 2. The summed E-state index contributed by atoms with van der Waals surface area (Å²) in [4.78, 5) is 9.56. The summed E-state index contributed by atoms with van der Waals surface area (Å²) in [6, 6.07) is 3.78. The molecule has 2 saturated carbocycles. The second-order valence-corrected chi connectivity index (χ2v) is 6.45. The molecule has 118 valence electrons. The SMILES string of the molecule is Nc1cc(N)c(N=C2CCCCC2)cc1N=C1CCCCC1. The van der Waals surface area contributed by atoms with E-state index >= 15 is 0 Å². The van der Waals surface area contributed by atoms with Crippen LogP contribution in [-0.4, -0.2) is 11.4 Å². The minimum Gasteiger partial charge on any atom is -0.397 e. The van der Waals surface area contributed by atoms with Crippen LogP contribution in [0, 0.1) is 0 Å². The summed E-state index contributed by atoms with van der Waals surface area (Å²) in [5, 5.41) is 0. The van der Waals surface area contributed by atoms with Crippen LogP contribution in [0.15, 0.2) is 22.1 Å². The lowest BCUT2D eigenvalue weighted by atomic mass is 9.98. The van der Waals surface area contributed by atoms with Crippen LogP contribution < -0.4 is 11.5 Å². The third kappa shape index (κ3) is 3.67. The van der Waals surface area contributed by atoms with Crippen LogP contribution in [-0.2, 0) is 0 Å². The number of hydrogen-bond donors (Lipinski definition) is 2. The Bertz CT molecular complexity index is 536. The normalized spacial score (nSPS) is 19.1. The standard InChI is InChI=1S/C18H26N4/c19-15-11-16(20)18(22-14-9-5-2-6-10-14)12-17(15)21-13-7-3-1-4-8-13/h11-12H,1-10,19-20H2. The van der Waals surface area contributed by atoms with Gasteiger partial charge in [-0.3, -0.25) is 9.98 Å². The van der Waals surface area contributed by atoms with Crippen molar-refractivity contribution in [3.05, 3.63) is 12.1 Å². The van der Waals surface area contributed by atoms with Crippen LogP contribution in [0.5, 0.6) is 0 Å². The van der Waals surface area contributed by atoms with Crippen molar-refractivity contribution in [3.63, 3.8) is 0 Å². The Morgan fingerprint density at radius 2 is 1.00 bits per heavy atom. The summed E-state index contributed by atoms with van der Waals surface area (Å²) in [6.07, 6.45) is 11.9. The zero-order valence-electron chi connectivity index (χ0n) is 13.3. The first-order chi connectivity index (χ1) is 10.7. The van der Waals surface area contributed by atoms with Crippen molar-refractivity contribution in [1.82, 2.24) is 0 Å². The fraction of sp³-hybridized carbons (Fsp3) is 0.556. The third-order valence-corrected chi connectivity index (χ3v) is 4.59. The van der Waals surface area contributed by atoms with E-state index in [9.17, 15) is 0 Å². The zero-order valence-corrected chi connectivity index (χ0v) is 13.3. The summed E-state index contributed by atoms with van der Waals surface area (Å²) in [7, 11) is 0. The van der Waals surface area contributed by atoms with Gasteiger partial charge >= 0.3 is 0 Å². The molecular weight excluding hydrogens is 272 g/mol. The highest BCUT2D eigenvalue weighted by molar-refractivity contribution is 5.93.